The van der Waals surface area contributed by atoms with Gasteiger partial charge in [-0.1, -0.05) is 46.9 Å². The molecule has 100 valence electrons. The van der Waals surface area contributed by atoms with Crippen molar-refractivity contribution in [2.75, 3.05) is 12.4 Å². The third-order valence-electron chi connectivity index (χ3n) is 2.67. The Morgan fingerprint density at radius 3 is 2.58 bits per heavy atom. The second-order valence-corrected chi connectivity index (χ2v) is 5.11. The van der Waals surface area contributed by atoms with Crippen LogP contribution in [-0.2, 0) is 6.54 Å². The smallest absolute Gasteiger partial charge is 0.139 e. The SMILES string of the molecule is COc1cc(NCc2cccc(Cl)c2Cl)ccc1Cl. The summed E-state index contributed by atoms with van der Waals surface area (Å²) in [5.74, 6) is 0.629. The van der Waals surface area contributed by atoms with Gasteiger partial charge in [0.15, 0.2) is 0 Å². The number of halogens is 3. The fourth-order valence-electron chi connectivity index (χ4n) is 1.65. The van der Waals surface area contributed by atoms with Crippen molar-refractivity contribution in [1.29, 1.82) is 0 Å². The van der Waals surface area contributed by atoms with Gasteiger partial charge in [0, 0.05) is 18.3 Å². The highest BCUT2D eigenvalue weighted by molar-refractivity contribution is 6.42. The van der Waals surface area contributed by atoms with Gasteiger partial charge in [0.05, 0.1) is 22.2 Å². The van der Waals surface area contributed by atoms with Crippen LogP contribution in [0.4, 0.5) is 5.69 Å². The summed E-state index contributed by atoms with van der Waals surface area (Å²) in [5.41, 5.74) is 1.83. The fourth-order valence-corrected chi connectivity index (χ4v) is 2.23. The molecule has 0 saturated heterocycles. The molecule has 0 fully saturated rings. The van der Waals surface area contributed by atoms with Gasteiger partial charge in [-0.3, -0.25) is 0 Å². The van der Waals surface area contributed by atoms with Crippen LogP contribution >= 0.6 is 34.8 Å². The van der Waals surface area contributed by atoms with Crippen molar-refractivity contribution >= 4 is 40.5 Å². The first-order valence-corrected chi connectivity index (χ1v) is 6.75. The van der Waals surface area contributed by atoms with E-state index in [0.717, 1.165) is 11.3 Å². The number of nitrogens with one attached hydrogen (secondary N) is 1. The molecule has 0 aliphatic carbocycles. The molecule has 0 atom stereocenters. The van der Waals surface area contributed by atoms with Gasteiger partial charge in [-0.2, -0.15) is 0 Å². The Hall–Kier alpha value is -1.09. The van der Waals surface area contributed by atoms with Gasteiger partial charge < -0.3 is 10.1 Å². The molecule has 0 spiro atoms. The van der Waals surface area contributed by atoms with E-state index >= 15 is 0 Å². The maximum Gasteiger partial charge on any atom is 0.139 e. The predicted octanol–water partition coefficient (Wildman–Crippen LogP) is 5.27. The summed E-state index contributed by atoms with van der Waals surface area (Å²) in [4.78, 5) is 0. The molecule has 0 aliphatic rings. The monoisotopic (exact) mass is 315 g/mol. The highest BCUT2D eigenvalue weighted by Gasteiger charge is 2.05. The minimum atomic E-state index is 0.551. The maximum absolute atomic E-state index is 6.13. The number of ether oxygens (including phenoxy) is 1. The third-order valence-corrected chi connectivity index (χ3v) is 3.84. The van der Waals surface area contributed by atoms with Gasteiger partial charge in [0.2, 0.25) is 0 Å². The average molecular weight is 317 g/mol. The van der Waals surface area contributed by atoms with Crippen LogP contribution in [-0.4, -0.2) is 7.11 Å². The molecule has 1 N–H and O–H groups in total. The van der Waals surface area contributed by atoms with Crippen molar-refractivity contribution in [1.82, 2.24) is 0 Å². The lowest BCUT2D eigenvalue weighted by Gasteiger charge is -2.11. The summed E-state index contributed by atoms with van der Waals surface area (Å²) in [7, 11) is 1.58. The Balaban J connectivity index is 2.12. The van der Waals surface area contributed by atoms with Gasteiger partial charge in [0.25, 0.3) is 0 Å². The van der Waals surface area contributed by atoms with Gasteiger partial charge in [0.1, 0.15) is 5.75 Å². The zero-order valence-electron chi connectivity index (χ0n) is 10.2. The first-order valence-electron chi connectivity index (χ1n) is 5.62. The molecular weight excluding hydrogens is 305 g/mol. The predicted molar refractivity (Wildman–Crippen MR) is 81.8 cm³/mol. The second-order valence-electron chi connectivity index (χ2n) is 3.92. The van der Waals surface area contributed by atoms with E-state index in [1.807, 2.05) is 24.3 Å². The minimum absolute atomic E-state index is 0.551. The van der Waals surface area contributed by atoms with E-state index in [2.05, 4.69) is 5.32 Å². The van der Waals surface area contributed by atoms with Crippen LogP contribution in [0.2, 0.25) is 15.1 Å². The van der Waals surface area contributed by atoms with Crippen molar-refractivity contribution in [3.63, 3.8) is 0 Å². The molecule has 0 heterocycles. The van der Waals surface area contributed by atoms with Crippen LogP contribution in [0.3, 0.4) is 0 Å². The highest BCUT2D eigenvalue weighted by atomic mass is 35.5. The Bertz CT molecular complexity index is 587. The van der Waals surface area contributed by atoms with E-state index in [-0.39, 0.29) is 0 Å². The first kappa shape index (κ1) is 14.3. The van der Waals surface area contributed by atoms with E-state index in [1.54, 1.807) is 19.2 Å². The van der Waals surface area contributed by atoms with Crippen molar-refractivity contribution < 1.29 is 4.74 Å². The average Bonchev–Trinajstić information content (AvgIpc) is 2.42. The summed E-state index contributed by atoms with van der Waals surface area (Å²) >= 11 is 18.1. The highest BCUT2D eigenvalue weighted by Crippen LogP contribution is 2.29. The van der Waals surface area contributed by atoms with Crippen molar-refractivity contribution in [2.24, 2.45) is 0 Å². The zero-order valence-corrected chi connectivity index (χ0v) is 12.5. The molecule has 0 aliphatic heterocycles. The Morgan fingerprint density at radius 1 is 1.05 bits per heavy atom. The number of hydrogen-bond donors (Lipinski definition) is 1. The standard InChI is InChI=1S/C14H12Cl3NO/c1-19-13-7-10(5-6-11(13)15)18-8-9-3-2-4-12(16)14(9)17/h2-7,18H,8H2,1H3. The van der Waals surface area contributed by atoms with Crippen LogP contribution in [0.15, 0.2) is 36.4 Å². The third kappa shape index (κ3) is 3.47. The zero-order chi connectivity index (χ0) is 13.8. The lowest BCUT2D eigenvalue weighted by molar-refractivity contribution is 0.415. The molecule has 0 amide bonds. The van der Waals surface area contributed by atoms with Gasteiger partial charge >= 0.3 is 0 Å². The van der Waals surface area contributed by atoms with Crippen molar-refractivity contribution in [3.8, 4) is 5.75 Å². The van der Waals surface area contributed by atoms with E-state index < -0.39 is 0 Å². The van der Waals surface area contributed by atoms with Gasteiger partial charge in [-0.25, -0.2) is 0 Å². The number of rotatable bonds is 4. The molecule has 19 heavy (non-hydrogen) atoms. The van der Waals surface area contributed by atoms with Gasteiger partial charge in [-0.05, 0) is 23.8 Å². The summed E-state index contributed by atoms with van der Waals surface area (Å²) in [6.07, 6.45) is 0. The largest absolute Gasteiger partial charge is 0.495 e. The molecule has 0 unspecified atom stereocenters. The second kappa shape index (κ2) is 6.38. The maximum atomic E-state index is 6.13. The van der Waals surface area contributed by atoms with E-state index in [0.29, 0.717) is 27.4 Å². The van der Waals surface area contributed by atoms with Crippen LogP contribution in [0.25, 0.3) is 0 Å². The summed E-state index contributed by atoms with van der Waals surface area (Å²) < 4.78 is 5.16. The number of benzene rings is 2. The first-order chi connectivity index (χ1) is 9.11. The molecule has 2 nitrogen and oxygen atoms in total. The molecule has 2 rings (SSSR count). The summed E-state index contributed by atoms with van der Waals surface area (Å²) in [5, 5.41) is 4.94. The molecule has 0 radical (unpaired) electrons. The minimum Gasteiger partial charge on any atom is -0.495 e. The molecule has 2 aromatic carbocycles. The number of hydrogen-bond acceptors (Lipinski definition) is 2. The fraction of sp³-hybridized carbons (Fsp3) is 0.143. The van der Waals surface area contributed by atoms with Crippen molar-refractivity contribution in [3.05, 3.63) is 57.0 Å². The van der Waals surface area contributed by atoms with Gasteiger partial charge in [-0.15, -0.1) is 0 Å². The van der Waals surface area contributed by atoms with E-state index in [4.69, 9.17) is 39.5 Å². The summed E-state index contributed by atoms with van der Waals surface area (Å²) in [6, 6.07) is 11.0. The lowest BCUT2D eigenvalue weighted by Crippen LogP contribution is -2.00. The quantitative estimate of drug-likeness (QED) is 0.830. The van der Waals surface area contributed by atoms with Crippen LogP contribution in [0, 0.1) is 0 Å². The normalized spacial score (nSPS) is 10.3. The van der Waals surface area contributed by atoms with Crippen LogP contribution in [0.5, 0.6) is 5.75 Å². The summed E-state index contributed by atoms with van der Waals surface area (Å²) in [6.45, 7) is 0.574. The van der Waals surface area contributed by atoms with Crippen LogP contribution in [0.1, 0.15) is 5.56 Å². The molecule has 5 heteroatoms. The van der Waals surface area contributed by atoms with E-state index in [9.17, 15) is 0 Å². The molecule has 0 aromatic heterocycles. The van der Waals surface area contributed by atoms with Crippen LogP contribution < -0.4 is 10.1 Å². The van der Waals surface area contributed by atoms with Crippen molar-refractivity contribution in [2.45, 2.75) is 6.54 Å². The topological polar surface area (TPSA) is 21.3 Å². The molecule has 0 bridgehead atoms. The van der Waals surface area contributed by atoms with E-state index in [1.165, 1.54) is 0 Å². The number of anilines is 1. The Morgan fingerprint density at radius 2 is 1.84 bits per heavy atom. The molecule has 2 aromatic rings. The molecule has 0 saturated carbocycles. The Kier molecular flexibility index (Phi) is 4.81. The molecular formula is C14H12Cl3NO. The Labute approximate surface area is 127 Å². The number of methoxy groups -OCH3 is 1. The lowest BCUT2D eigenvalue weighted by atomic mass is 10.2.